The summed E-state index contributed by atoms with van der Waals surface area (Å²) in [7, 11) is -2.79. The van der Waals surface area contributed by atoms with E-state index in [1.165, 1.54) is 32.1 Å². The highest BCUT2D eigenvalue weighted by Gasteiger charge is 2.37. The molecule has 0 radical (unpaired) electrons. The minimum atomic E-state index is -2.79. The predicted octanol–water partition coefficient (Wildman–Crippen LogP) is 1.88. The number of nitrogens with zero attached hydrogens (tertiary/aromatic N) is 2. The fourth-order valence-electron chi connectivity index (χ4n) is 3.81. The lowest BCUT2D eigenvalue weighted by atomic mass is 10.0. The maximum Gasteiger partial charge on any atom is 0.194 e. The first-order valence-electron chi connectivity index (χ1n) is 8.85. The van der Waals surface area contributed by atoms with E-state index in [0.717, 1.165) is 37.3 Å². The van der Waals surface area contributed by atoms with Crippen LogP contribution >= 0.6 is 24.0 Å². The second-order valence-electron chi connectivity index (χ2n) is 7.68. The molecule has 0 amide bonds. The molecule has 2 atom stereocenters. The van der Waals surface area contributed by atoms with Crippen molar-refractivity contribution >= 4 is 39.8 Å². The first-order valence-corrected chi connectivity index (χ1v) is 10.7. The van der Waals surface area contributed by atoms with Gasteiger partial charge in [-0.3, -0.25) is 4.99 Å². The third kappa shape index (κ3) is 4.74. The van der Waals surface area contributed by atoms with E-state index in [1.807, 2.05) is 0 Å². The predicted molar refractivity (Wildman–Crippen MR) is 103 cm³/mol. The number of likely N-dealkylation sites (tertiary alicyclic amines) is 1. The van der Waals surface area contributed by atoms with E-state index in [1.54, 1.807) is 0 Å². The number of nitrogens with one attached hydrogen (secondary N) is 1. The van der Waals surface area contributed by atoms with E-state index in [-0.39, 0.29) is 29.9 Å². The molecule has 2 heterocycles. The van der Waals surface area contributed by atoms with Gasteiger partial charge in [0.1, 0.15) is 0 Å². The summed E-state index contributed by atoms with van der Waals surface area (Å²) in [5.74, 6) is 3.78. The highest BCUT2D eigenvalue weighted by molar-refractivity contribution is 14.0. The van der Waals surface area contributed by atoms with E-state index in [0.29, 0.717) is 24.1 Å². The molecule has 4 fully saturated rings. The molecule has 4 rings (SSSR count). The first-order chi connectivity index (χ1) is 10.6. The van der Waals surface area contributed by atoms with Crippen LogP contribution in [0.1, 0.15) is 38.5 Å². The van der Waals surface area contributed by atoms with Crippen molar-refractivity contribution in [3.63, 3.8) is 0 Å². The van der Waals surface area contributed by atoms with Crippen molar-refractivity contribution < 1.29 is 8.42 Å². The Labute approximate surface area is 156 Å². The van der Waals surface area contributed by atoms with Gasteiger partial charge in [0.2, 0.25) is 0 Å². The normalized spacial score (nSPS) is 33.6. The summed E-state index contributed by atoms with van der Waals surface area (Å²) in [4.78, 5) is 7.24. The van der Waals surface area contributed by atoms with E-state index in [9.17, 15) is 8.42 Å². The molecule has 2 saturated heterocycles. The van der Waals surface area contributed by atoms with Crippen molar-refractivity contribution in [3.05, 3.63) is 0 Å². The van der Waals surface area contributed by atoms with E-state index >= 15 is 0 Å². The van der Waals surface area contributed by atoms with Crippen LogP contribution in [0.2, 0.25) is 0 Å². The number of halogens is 1. The molecule has 0 spiro atoms. The Kier molecular flexibility index (Phi) is 5.45. The van der Waals surface area contributed by atoms with Crippen LogP contribution in [0.3, 0.4) is 0 Å². The second-order valence-corrected chi connectivity index (χ2v) is 9.91. The van der Waals surface area contributed by atoms with Gasteiger partial charge in [0.25, 0.3) is 0 Å². The summed E-state index contributed by atoms with van der Waals surface area (Å²) in [6.07, 6.45) is 7.41. The highest BCUT2D eigenvalue weighted by Crippen LogP contribution is 2.41. The topological polar surface area (TPSA) is 61.8 Å². The largest absolute Gasteiger partial charge is 0.354 e. The molecule has 2 aliphatic heterocycles. The lowest BCUT2D eigenvalue weighted by molar-refractivity contribution is 0.432. The van der Waals surface area contributed by atoms with Crippen molar-refractivity contribution in [2.45, 2.75) is 44.6 Å². The van der Waals surface area contributed by atoms with Crippen molar-refractivity contribution in [1.82, 2.24) is 10.2 Å². The Balaban J connectivity index is 0.00000156. The Morgan fingerprint density at radius 1 is 1.09 bits per heavy atom. The Morgan fingerprint density at radius 3 is 2.48 bits per heavy atom. The van der Waals surface area contributed by atoms with Gasteiger partial charge in [0.15, 0.2) is 15.8 Å². The molecule has 7 heteroatoms. The number of aliphatic imine (C=N–C) groups is 1. The molecule has 132 valence electrons. The molecule has 4 aliphatic rings. The van der Waals surface area contributed by atoms with Crippen LogP contribution < -0.4 is 5.32 Å². The van der Waals surface area contributed by atoms with Gasteiger partial charge in [-0.2, -0.15) is 0 Å². The maximum atomic E-state index is 11.6. The number of rotatable bonds is 4. The third-order valence-electron chi connectivity index (χ3n) is 5.55. The fraction of sp³-hybridized carbons (Fsp3) is 0.938. The van der Waals surface area contributed by atoms with Gasteiger partial charge in [-0.1, -0.05) is 0 Å². The molecule has 0 aromatic rings. The quantitative estimate of drug-likeness (QED) is 0.401. The van der Waals surface area contributed by atoms with Crippen LogP contribution in [-0.2, 0) is 9.84 Å². The molecule has 2 aliphatic carbocycles. The van der Waals surface area contributed by atoms with Crippen LogP contribution in [0.4, 0.5) is 0 Å². The minimum absolute atomic E-state index is 0. The third-order valence-corrected chi connectivity index (χ3v) is 7.39. The standard InChI is InChI=1S/C16H27N3O2S.HI/c20-22(21)8-6-12(11-22)9-17-16(18-15-3-4-15)19-7-5-14(10-19)13-1-2-13;/h12-15H,1-11H2,(H,17,18);1H. The van der Waals surface area contributed by atoms with Gasteiger partial charge < -0.3 is 10.2 Å². The van der Waals surface area contributed by atoms with Crippen molar-refractivity contribution in [3.8, 4) is 0 Å². The Hall–Kier alpha value is -0.0500. The molecule has 0 bridgehead atoms. The smallest absolute Gasteiger partial charge is 0.194 e. The highest BCUT2D eigenvalue weighted by atomic mass is 127. The van der Waals surface area contributed by atoms with Crippen molar-refractivity contribution in [1.29, 1.82) is 0 Å². The maximum absolute atomic E-state index is 11.6. The summed E-state index contributed by atoms with van der Waals surface area (Å²) in [6.45, 7) is 2.92. The molecule has 1 N–H and O–H groups in total. The van der Waals surface area contributed by atoms with Gasteiger partial charge in [-0.05, 0) is 56.3 Å². The zero-order chi connectivity index (χ0) is 15.2. The zero-order valence-corrected chi connectivity index (χ0v) is 16.8. The van der Waals surface area contributed by atoms with Gasteiger partial charge >= 0.3 is 0 Å². The molecule has 5 nitrogen and oxygen atoms in total. The second kappa shape index (κ2) is 7.06. The Morgan fingerprint density at radius 2 is 1.87 bits per heavy atom. The minimum Gasteiger partial charge on any atom is -0.354 e. The van der Waals surface area contributed by atoms with E-state index in [4.69, 9.17) is 4.99 Å². The van der Waals surface area contributed by atoms with E-state index < -0.39 is 9.84 Å². The zero-order valence-electron chi connectivity index (χ0n) is 13.6. The van der Waals surface area contributed by atoms with Crippen LogP contribution in [0.15, 0.2) is 4.99 Å². The SMILES string of the molecule is I.O=S1(=O)CCC(CN=C(NC2CC2)N2CCC(C3CC3)C2)C1. The molecule has 0 aromatic heterocycles. The Bertz CT molecular complexity index is 558. The number of guanidine groups is 1. The summed E-state index contributed by atoms with van der Waals surface area (Å²) in [5, 5.41) is 3.58. The van der Waals surface area contributed by atoms with E-state index in [2.05, 4.69) is 10.2 Å². The molecule has 0 aromatic carbocycles. The summed E-state index contributed by atoms with van der Waals surface area (Å²) < 4.78 is 23.2. The number of sulfone groups is 1. The fourth-order valence-corrected chi connectivity index (χ4v) is 5.66. The summed E-state index contributed by atoms with van der Waals surface area (Å²) in [6, 6.07) is 0.603. The molecular formula is C16H28IN3O2S. The van der Waals surface area contributed by atoms with Gasteiger partial charge in [0.05, 0.1) is 11.5 Å². The number of hydrogen-bond acceptors (Lipinski definition) is 3. The molecular weight excluding hydrogens is 425 g/mol. The molecule has 2 unspecified atom stereocenters. The lowest BCUT2D eigenvalue weighted by Gasteiger charge is -2.22. The van der Waals surface area contributed by atoms with Crippen molar-refractivity contribution in [2.75, 3.05) is 31.1 Å². The van der Waals surface area contributed by atoms with Crippen LogP contribution in [-0.4, -0.2) is 56.5 Å². The number of hydrogen-bond donors (Lipinski definition) is 1. The van der Waals surface area contributed by atoms with Crippen LogP contribution in [0, 0.1) is 17.8 Å². The van der Waals surface area contributed by atoms with Crippen LogP contribution in [0.5, 0.6) is 0 Å². The van der Waals surface area contributed by atoms with Crippen LogP contribution in [0.25, 0.3) is 0 Å². The first kappa shape index (κ1) is 17.8. The lowest BCUT2D eigenvalue weighted by Crippen LogP contribution is -2.41. The monoisotopic (exact) mass is 453 g/mol. The van der Waals surface area contributed by atoms with Gasteiger partial charge in [0, 0.05) is 25.7 Å². The van der Waals surface area contributed by atoms with Gasteiger partial charge in [-0.25, -0.2) is 8.42 Å². The average molecular weight is 453 g/mol. The van der Waals surface area contributed by atoms with Gasteiger partial charge in [-0.15, -0.1) is 24.0 Å². The summed E-state index contributed by atoms with van der Waals surface area (Å²) >= 11 is 0. The molecule has 23 heavy (non-hydrogen) atoms. The average Bonchev–Trinajstić information content (AvgIpc) is 3.40. The van der Waals surface area contributed by atoms with Crippen molar-refractivity contribution in [2.24, 2.45) is 22.7 Å². The summed E-state index contributed by atoms with van der Waals surface area (Å²) in [5.41, 5.74) is 0. The molecule has 2 saturated carbocycles.